The predicted octanol–water partition coefficient (Wildman–Crippen LogP) is 3.74. The smallest absolute Gasteiger partial charge is 0.186 e. The lowest BCUT2D eigenvalue weighted by Crippen LogP contribution is -2.48. The van der Waals surface area contributed by atoms with E-state index in [2.05, 4.69) is 50.4 Å². The Kier molecular flexibility index (Phi) is 5.61. The van der Waals surface area contributed by atoms with Crippen molar-refractivity contribution >= 4 is 26.7 Å². The van der Waals surface area contributed by atoms with Crippen molar-refractivity contribution < 1.29 is 4.39 Å². The number of thiazole rings is 1. The third kappa shape index (κ3) is 4.15. The highest BCUT2D eigenvalue weighted by molar-refractivity contribution is 7.22. The van der Waals surface area contributed by atoms with E-state index in [1.54, 1.807) is 23.5 Å². The molecule has 4 aromatic rings. The number of hydrogen-bond acceptors (Lipinski definition) is 7. The second-order valence-corrected chi connectivity index (χ2v) is 8.74. The van der Waals surface area contributed by atoms with E-state index < -0.39 is 0 Å². The molecule has 1 fully saturated rings. The molecule has 0 spiro atoms. The highest BCUT2D eigenvalue weighted by atomic mass is 32.1. The maximum atomic E-state index is 13.2. The number of anilines is 1. The molecule has 0 bridgehead atoms. The van der Waals surface area contributed by atoms with Crippen LogP contribution in [0, 0.1) is 5.82 Å². The minimum atomic E-state index is -0.238. The summed E-state index contributed by atoms with van der Waals surface area (Å²) in [7, 11) is 0. The van der Waals surface area contributed by atoms with Gasteiger partial charge in [0, 0.05) is 26.2 Å². The number of para-hydroxylation sites is 1. The molecule has 2 aromatic carbocycles. The Morgan fingerprint density at radius 1 is 1.03 bits per heavy atom. The van der Waals surface area contributed by atoms with Crippen LogP contribution < -0.4 is 4.90 Å². The molecule has 1 aliphatic rings. The van der Waals surface area contributed by atoms with Crippen molar-refractivity contribution in [1.82, 2.24) is 30.1 Å². The summed E-state index contributed by atoms with van der Waals surface area (Å²) in [5.41, 5.74) is 2.04. The normalized spacial score (nSPS) is 16.1. The lowest BCUT2D eigenvalue weighted by atomic mass is 10.1. The van der Waals surface area contributed by atoms with Gasteiger partial charge < -0.3 is 4.90 Å². The molecule has 0 N–H and O–H groups in total. The van der Waals surface area contributed by atoms with Gasteiger partial charge in [0.2, 0.25) is 0 Å². The molecule has 160 valence electrons. The second-order valence-electron chi connectivity index (χ2n) is 7.73. The van der Waals surface area contributed by atoms with Crippen LogP contribution in [0.4, 0.5) is 9.52 Å². The average Bonchev–Trinajstić information content (AvgIpc) is 3.44. The number of benzene rings is 2. The van der Waals surface area contributed by atoms with Gasteiger partial charge in [-0.25, -0.2) is 14.1 Å². The molecule has 1 atom stereocenters. The molecule has 1 unspecified atom stereocenters. The molecule has 7 nitrogen and oxygen atoms in total. The van der Waals surface area contributed by atoms with E-state index in [1.807, 2.05) is 10.7 Å². The molecule has 3 heterocycles. The lowest BCUT2D eigenvalue weighted by Gasteiger charge is -2.38. The first-order valence-electron chi connectivity index (χ1n) is 10.6. The molecule has 5 rings (SSSR count). The Bertz CT molecular complexity index is 1120. The molecular weight excluding hydrogens is 413 g/mol. The number of hydrogen-bond donors (Lipinski definition) is 0. The van der Waals surface area contributed by atoms with Crippen molar-refractivity contribution in [2.45, 2.75) is 25.9 Å². The number of fused-ring (bicyclic) bond motifs is 1. The van der Waals surface area contributed by atoms with Gasteiger partial charge in [0.25, 0.3) is 0 Å². The van der Waals surface area contributed by atoms with E-state index in [4.69, 9.17) is 4.98 Å². The van der Waals surface area contributed by atoms with Crippen molar-refractivity contribution in [2.75, 3.05) is 31.1 Å². The molecule has 0 saturated carbocycles. The van der Waals surface area contributed by atoms with Crippen LogP contribution in [0.2, 0.25) is 0 Å². The summed E-state index contributed by atoms with van der Waals surface area (Å²) in [5, 5.41) is 13.6. The zero-order valence-corrected chi connectivity index (χ0v) is 18.2. The summed E-state index contributed by atoms with van der Waals surface area (Å²) < 4.78 is 16.3. The summed E-state index contributed by atoms with van der Waals surface area (Å²) in [4.78, 5) is 9.63. The molecular formula is C22H24FN7S. The van der Waals surface area contributed by atoms with Crippen LogP contribution in [0.1, 0.15) is 30.8 Å². The van der Waals surface area contributed by atoms with Crippen molar-refractivity contribution in [3.05, 3.63) is 65.7 Å². The molecule has 1 aliphatic heterocycles. The number of aromatic nitrogens is 5. The predicted molar refractivity (Wildman–Crippen MR) is 120 cm³/mol. The summed E-state index contributed by atoms with van der Waals surface area (Å²) in [5.74, 6) is 0.624. The summed E-state index contributed by atoms with van der Waals surface area (Å²) in [6, 6.07) is 14.9. The number of tetrazole rings is 1. The van der Waals surface area contributed by atoms with Crippen LogP contribution in [-0.2, 0) is 6.54 Å². The molecule has 2 aromatic heterocycles. The average molecular weight is 438 g/mol. The lowest BCUT2D eigenvalue weighted by molar-refractivity contribution is 0.169. The van der Waals surface area contributed by atoms with Gasteiger partial charge in [0.15, 0.2) is 11.0 Å². The summed E-state index contributed by atoms with van der Waals surface area (Å²) in [6.07, 6.45) is 0.922. The van der Waals surface area contributed by atoms with Crippen molar-refractivity contribution in [3.8, 4) is 0 Å². The fourth-order valence-electron chi connectivity index (χ4n) is 4.15. The van der Waals surface area contributed by atoms with Gasteiger partial charge in [-0.15, -0.1) is 5.10 Å². The van der Waals surface area contributed by atoms with Crippen LogP contribution in [0.3, 0.4) is 0 Å². The van der Waals surface area contributed by atoms with Gasteiger partial charge in [-0.3, -0.25) is 4.90 Å². The first kappa shape index (κ1) is 20.0. The maximum Gasteiger partial charge on any atom is 0.186 e. The maximum absolute atomic E-state index is 13.2. The minimum absolute atomic E-state index is 0.146. The molecule has 0 amide bonds. The highest BCUT2D eigenvalue weighted by Crippen LogP contribution is 2.31. The van der Waals surface area contributed by atoms with E-state index in [0.717, 1.165) is 54.6 Å². The first-order valence-corrected chi connectivity index (χ1v) is 11.4. The van der Waals surface area contributed by atoms with Crippen molar-refractivity contribution in [1.29, 1.82) is 0 Å². The molecule has 0 aliphatic carbocycles. The fraction of sp³-hybridized carbons (Fsp3) is 0.364. The number of nitrogens with zero attached hydrogens (tertiary/aromatic N) is 7. The Morgan fingerprint density at radius 3 is 2.55 bits per heavy atom. The fourth-order valence-corrected chi connectivity index (χ4v) is 5.17. The number of piperazine rings is 1. The zero-order chi connectivity index (χ0) is 21.2. The zero-order valence-electron chi connectivity index (χ0n) is 17.4. The topological polar surface area (TPSA) is 63.0 Å². The van der Waals surface area contributed by atoms with Gasteiger partial charge in [-0.2, -0.15) is 0 Å². The molecule has 1 saturated heterocycles. The summed E-state index contributed by atoms with van der Waals surface area (Å²) >= 11 is 1.75. The van der Waals surface area contributed by atoms with Gasteiger partial charge in [-0.1, -0.05) is 42.5 Å². The van der Waals surface area contributed by atoms with E-state index in [1.165, 1.54) is 16.8 Å². The van der Waals surface area contributed by atoms with Gasteiger partial charge in [0.1, 0.15) is 5.82 Å². The third-order valence-electron chi connectivity index (χ3n) is 5.80. The van der Waals surface area contributed by atoms with Crippen LogP contribution in [-0.4, -0.2) is 56.3 Å². The van der Waals surface area contributed by atoms with E-state index in [9.17, 15) is 4.39 Å². The monoisotopic (exact) mass is 437 g/mol. The quantitative estimate of drug-likeness (QED) is 0.458. The minimum Gasteiger partial charge on any atom is -0.345 e. The van der Waals surface area contributed by atoms with Crippen molar-refractivity contribution in [3.63, 3.8) is 0 Å². The Balaban J connectivity index is 1.28. The molecule has 31 heavy (non-hydrogen) atoms. The van der Waals surface area contributed by atoms with E-state index in [0.29, 0.717) is 6.54 Å². The van der Waals surface area contributed by atoms with Crippen LogP contribution in [0.5, 0.6) is 0 Å². The van der Waals surface area contributed by atoms with Gasteiger partial charge in [-0.05, 0) is 46.7 Å². The van der Waals surface area contributed by atoms with Crippen LogP contribution in [0.25, 0.3) is 10.2 Å². The van der Waals surface area contributed by atoms with Crippen molar-refractivity contribution in [2.24, 2.45) is 0 Å². The van der Waals surface area contributed by atoms with Crippen LogP contribution >= 0.6 is 11.3 Å². The standard InChI is InChI=1S/C22H24FN7S/c1-2-19(21-25-26-27-30(21)15-16-7-9-17(23)10-8-16)28-11-13-29(14-12-28)22-24-18-5-3-4-6-20(18)31-22/h3-10,19H,2,11-15H2,1H3. The van der Waals surface area contributed by atoms with E-state index in [-0.39, 0.29) is 11.9 Å². The van der Waals surface area contributed by atoms with Crippen LogP contribution in [0.15, 0.2) is 48.5 Å². The van der Waals surface area contributed by atoms with E-state index >= 15 is 0 Å². The Hall–Kier alpha value is -2.91. The highest BCUT2D eigenvalue weighted by Gasteiger charge is 2.28. The van der Waals surface area contributed by atoms with Gasteiger partial charge >= 0.3 is 0 Å². The number of rotatable bonds is 6. The largest absolute Gasteiger partial charge is 0.345 e. The molecule has 9 heteroatoms. The SMILES string of the molecule is CCC(c1nnnn1Cc1ccc(F)cc1)N1CCN(c2nc3ccccc3s2)CC1. The third-order valence-corrected chi connectivity index (χ3v) is 6.90. The van der Waals surface area contributed by atoms with Gasteiger partial charge in [0.05, 0.1) is 22.8 Å². The Labute approximate surface area is 184 Å². The summed E-state index contributed by atoms with van der Waals surface area (Å²) in [6.45, 7) is 6.41. The Morgan fingerprint density at radius 2 is 1.81 bits per heavy atom. The second kappa shape index (κ2) is 8.68. The number of halogens is 1. The first-order chi connectivity index (χ1) is 15.2. The molecule has 0 radical (unpaired) electrons.